The van der Waals surface area contributed by atoms with Crippen molar-refractivity contribution in [3.8, 4) is 0 Å². The Labute approximate surface area is 129 Å². The first-order valence-electron chi connectivity index (χ1n) is 7.02. The van der Waals surface area contributed by atoms with Crippen LogP contribution in [-0.2, 0) is 6.42 Å². The normalized spacial score (nSPS) is 10.0. The van der Waals surface area contributed by atoms with Crippen LogP contribution in [0.5, 0.6) is 0 Å². The molecule has 2 aromatic rings. The van der Waals surface area contributed by atoms with Gasteiger partial charge in [0.1, 0.15) is 11.6 Å². The van der Waals surface area contributed by atoms with E-state index < -0.39 is 0 Å². The van der Waals surface area contributed by atoms with E-state index in [4.69, 9.17) is 0 Å². The highest BCUT2D eigenvalue weighted by Crippen LogP contribution is 2.07. The Balaban J connectivity index is 1.82. The lowest BCUT2D eigenvalue weighted by molar-refractivity contribution is 0.0957. The number of amides is 1. The number of halogens is 1. The highest BCUT2D eigenvalue weighted by molar-refractivity contribution is 5.94. The van der Waals surface area contributed by atoms with Gasteiger partial charge in [0.2, 0.25) is 0 Å². The lowest BCUT2D eigenvalue weighted by atomic mass is 10.1. The number of carbonyl (C=O) groups is 1. The molecule has 0 spiro atoms. The van der Waals surface area contributed by atoms with Gasteiger partial charge in [0, 0.05) is 19.3 Å². The Morgan fingerprint density at radius 2 is 2.00 bits per heavy atom. The zero-order valence-corrected chi connectivity index (χ0v) is 12.2. The molecule has 2 rings (SSSR count). The zero-order chi connectivity index (χ0) is 15.8. The van der Waals surface area contributed by atoms with Gasteiger partial charge >= 0.3 is 0 Å². The molecule has 0 fully saturated rings. The molecule has 5 heteroatoms. The predicted molar refractivity (Wildman–Crippen MR) is 85.4 cm³/mol. The van der Waals surface area contributed by atoms with Crippen molar-refractivity contribution in [3.63, 3.8) is 0 Å². The molecule has 1 aromatic heterocycles. The maximum absolute atomic E-state index is 12.8. The van der Waals surface area contributed by atoms with E-state index in [1.54, 1.807) is 30.3 Å². The molecule has 0 unspecified atom stereocenters. The number of benzene rings is 1. The maximum atomic E-state index is 12.8. The van der Waals surface area contributed by atoms with Crippen molar-refractivity contribution < 1.29 is 9.18 Å². The van der Waals surface area contributed by atoms with Crippen LogP contribution in [-0.4, -0.2) is 24.0 Å². The van der Waals surface area contributed by atoms with Gasteiger partial charge in [0.05, 0.1) is 5.56 Å². The smallest absolute Gasteiger partial charge is 0.253 e. The van der Waals surface area contributed by atoms with Gasteiger partial charge in [-0.15, -0.1) is 6.58 Å². The molecule has 114 valence electrons. The SMILES string of the molecule is C=CCNC(=O)c1ccc(NCCc2ccc(F)cc2)nc1. The van der Waals surface area contributed by atoms with Crippen LogP contribution < -0.4 is 10.6 Å². The first-order valence-corrected chi connectivity index (χ1v) is 7.02. The number of anilines is 1. The third kappa shape index (κ3) is 4.70. The second-order valence-electron chi connectivity index (χ2n) is 4.73. The number of nitrogens with zero attached hydrogens (tertiary/aromatic N) is 1. The molecule has 0 bridgehead atoms. The quantitative estimate of drug-likeness (QED) is 0.773. The summed E-state index contributed by atoms with van der Waals surface area (Å²) in [6.45, 7) is 4.65. The Morgan fingerprint density at radius 3 is 2.64 bits per heavy atom. The van der Waals surface area contributed by atoms with E-state index in [1.165, 1.54) is 18.3 Å². The zero-order valence-electron chi connectivity index (χ0n) is 12.2. The number of aromatic nitrogens is 1. The number of hydrogen-bond donors (Lipinski definition) is 2. The topological polar surface area (TPSA) is 54.0 Å². The van der Waals surface area contributed by atoms with Crippen LogP contribution in [0.15, 0.2) is 55.3 Å². The van der Waals surface area contributed by atoms with Gasteiger partial charge in [-0.25, -0.2) is 9.37 Å². The monoisotopic (exact) mass is 299 g/mol. The molecular formula is C17H18FN3O. The van der Waals surface area contributed by atoms with E-state index in [-0.39, 0.29) is 11.7 Å². The maximum Gasteiger partial charge on any atom is 0.253 e. The number of nitrogens with one attached hydrogen (secondary N) is 2. The summed E-state index contributed by atoms with van der Waals surface area (Å²) in [6.07, 6.45) is 3.92. The van der Waals surface area contributed by atoms with Crippen molar-refractivity contribution in [1.29, 1.82) is 0 Å². The number of rotatable bonds is 7. The van der Waals surface area contributed by atoms with Gasteiger partial charge in [0.25, 0.3) is 5.91 Å². The van der Waals surface area contributed by atoms with Crippen LogP contribution >= 0.6 is 0 Å². The second-order valence-corrected chi connectivity index (χ2v) is 4.73. The molecule has 1 aromatic carbocycles. The van der Waals surface area contributed by atoms with Gasteiger partial charge in [-0.2, -0.15) is 0 Å². The largest absolute Gasteiger partial charge is 0.370 e. The molecule has 0 atom stereocenters. The fourth-order valence-electron chi connectivity index (χ4n) is 1.89. The standard InChI is InChI=1S/C17H18FN3O/c1-2-10-20-17(22)14-5-8-16(21-12-14)19-11-9-13-3-6-15(18)7-4-13/h2-8,12H,1,9-11H2,(H,19,21)(H,20,22). The Kier molecular flexibility index (Phi) is 5.65. The summed E-state index contributed by atoms with van der Waals surface area (Å²) >= 11 is 0. The molecule has 22 heavy (non-hydrogen) atoms. The van der Waals surface area contributed by atoms with Gasteiger partial charge < -0.3 is 10.6 Å². The Bertz CT molecular complexity index is 623. The van der Waals surface area contributed by atoms with Crippen LogP contribution in [0.25, 0.3) is 0 Å². The molecule has 2 N–H and O–H groups in total. The van der Waals surface area contributed by atoms with Gasteiger partial charge in [-0.05, 0) is 36.2 Å². The van der Waals surface area contributed by atoms with E-state index >= 15 is 0 Å². The minimum absolute atomic E-state index is 0.176. The summed E-state index contributed by atoms with van der Waals surface area (Å²) in [7, 11) is 0. The van der Waals surface area contributed by atoms with E-state index in [0.717, 1.165) is 12.0 Å². The average Bonchev–Trinajstić information content (AvgIpc) is 2.55. The molecule has 1 heterocycles. The molecule has 0 aliphatic heterocycles. The molecule has 0 radical (unpaired) electrons. The van der Waals surface area contributed by atoms with Gasteiger partial charge in [0.15, 0.2) is 0 Å². The predicted octanol–water partition coefficient (Wildman–Crippen LogP) is 2.79. The van der Waals surface area contributed by atoms with E-state index in [1.807, 2.05) is 0 Å². The summed E-state index contributed by atoms with van der Waals surface area (Å²) in [5, 5.41) is 5.85. The van der Waals surface area contributed by atoms with E-state index in [0.29, 0.717) is 24.5 Å². The first-order chi connectivity index (χ1) is 10.7. The summed E-state index contributed by atoms with van der Waals surface area (Å²) in [4.78, 5) is 15.9. The first kappa shape index (κ1) is 15.7. The van der Waals surface area contributed by atoms with Gasteiger partial charge in [-0.1, -0.05) is 18.2 Å². The molecule has 4 nitrogen and oxygen atoms in total. The molecule has 0 saturated heterocycles. The van der Waals surface area contributed by atoms with Crippen LogP contribution in [0.1, 0.15) is 15.9 Å². The fourth-order valence-corrected chi connectivity index (χ4v) is 1.89. The van der Waals surface area contributed by atoms with E-state index in [9.17, 15) is 9.18 Å². The third-order valence-corrected chi connectivity index (χ3v) is 3.07. The summed E-state index contributed by atoms with van der Waals surface area (Å²) < 4.78 is 12.8. The van der Waals surface area contributed by atoms with Crippen molar-refractivity contribution in [2.45, 2.75) is 6.42 Å². The summed E-state index contributed by atoms with van der Waals surface area (Å²) in [5.41, 5.74) is 1.56. The minimum atomic E-state index is -0.233. The summed E-state index contributed by atoms with van der Waals surface area (Å²) in [6, 6.07) is 9.89. The highest BCUT2D eigenvalue weighted by atomic mass is 19.1. The van der Waals surface area contributed by atoms with Crippen LogP contribution in [0.3, 0.4) is 0 Å². The van der Waals surface area contributed by atoms with Crippen molar-refractivity contribution in [1.82, 2.24) is 10.3 Å². The Hall–Kier alpha value is -2.69. The molecule has 0 aliphatic rings. The van der Waals surface area contributed by atoms with Crippen molar-refractivity contribution >= 4 is 11.7 Å². The second kappa shape index (κ2) is 7.93. The molecule has 0 saturated carbocycles. The van der Waals surface area contributed by atoms with Crippen molar-refractivity contribution in [3.05, 3.63) is 72.2 Å². The van der Waals surface area contributed by atoms with Crippen LogP contribution in [0.4, 0.5) is 10.2 Å². The van der Waals surface area contributed by atoms with Gasteiger partial charge in [-0.3, -0.25) is 4.79 Å². The summed E-state index contributed by atoms with van der Waals surface area (Å²) in [5.74, 6) is 0.288. The van der Waals surface area contributed by atoms with Crippen LogP contribution in [0, 0.1) is 5.82 Å². The van der Waals surface area contributed by atoms with Crippen molar-refractivity contribution in [2.75, 3.05) is 18.4 Å². The highest BCUT2D eigenvalue weighted by Gasteiger charge is 2.04. The fraction of sp³-hybridized carbons (Fsp3) is 0.176. The minimum Gasteiger partial charge on any atom is -0.370 e. The molecule has 1 amide bonds. The third-order valence-electron chi connectivity index (χ3n) is 3.07. The molecular weight excluding hydrogens is 281 g/mol. The van der Waals surface area contributed by atoms with E-state index in [2.05, 4.69) is 22.2 Å². The lowest BCUT2D eigenvalue weighted by Crippen LogP contribution is -2.23. The number of carbonyl (C=O) groups excluding carboxylic acids is 1. The molecule has 0 aliphatic carbocycles. The lowest BCUT2D eigenvalue weighted by Gasteiger charge is -2.07. The average molecular weight is 299 g/mol. The van der Waals surface area contributed by atoms with Crippen LogP contribution in [0.2, 0.25) is 0 Å². The number of hydrogen-bond acceptors (Lipinski definition) is 3. The Morgan fingerprint density at radius 1 is 1.23 bits per heavy atom. The van der Waals surface area contributed by atoms with Crippen molar-refractivity contribution in [2.24, 2.45) is 0 Å². The number of pyridine rings is 1.